The highest BCUT2D eigenvalue weighted by Gasteiger charge is 2.04. The Balaban J connectivity index is 1.86. The van der Waals surface area contributed by atoms with Crippen LogP contribution in [0.2, 0.25) is 0 Å². The summed E-state index contributed by atoms with van der Waals surface area (Å²) in [7, 11) is 0. The first-order chi connectivity index (χ1) is 10.3. The number of hydrogen-bond donors (Lipinski definition) is 1. The fourth-order valence-electron chi connectivity index (χ4n) is 2.23. The van der Waals surface area contributed by atoms with Crippen LogP contribution in [0, 0.1) is 17.1 Å². The van der Waals surface area contributed by atoms with Crippen LogP contribution in [0.4, 0.5) is 10.1 Å². The van der Waals surface area contributed by atoms with E-state index in [0.717, 1.165) is 16.5 Å². The fraction of sp³-hybridized carbons (Fsp3) is 0.0588. The predicted molar refractivity (Wildman–Crippen MR) is 80.2 cm³/mol. The molecule has 1 N–H and O–H groups in total. The molecule has 0 aliphatic carbocycles. The van der Waals surface area contributed by atoms with Gasteiger partial charge in [-0.25, -0.2) is 4.39 Å². The average Bonchev–Trinajstić information content (AvgIpc) is 2.54. The monoisotopic (exact) mass is 277 g/mol. The van der Waals surface area contributed by atoms with Gasteiger partial charge in [0.05, 0.1) is 11.1 Å². The molecule has 0 amide bonds. The van der Waals surface area contributed by atoms with Gasteiger partial charge in [-0.05, 0) is 29.8 Å². The van der Waals surface area contributed by atoms with Crippen molar-refractivity contribution in [2.24, 2.45) is 0 Å². The molecule has 0 fully saturated rings. The zero-order chi connectivity index (χ0) is 14.7. The lowest BCUT2D eigenvalue weighted by atomic mass is 10.1. The van der Waals surface area contributed by atoms with Gasteiger partial charge in [0.2, 0.25) is 0 Å². The first-order valence-corrected chi connectivity index (χ1v) is 6.54. The highest BCUT2D eigenvalue weighted by Crippen LogP contribution is 2.19. The number of hydrogen-bond acceptors (Lipinski definition) is 3. The molecule has 3 aromatic rings. The van der Waals surface area contributed by atoms with Crippen LogP contribution >= 0.6 is 0 Å². The molecule has 0 saturated carbocycles. The van der Waals surface area contributed by atoms with E-state index in [1.165, 1.54) is 12.1 Å². The second-order valence-electron chi connectivity index (χ2n) is 4.65. The third kappa shape index (κ3) is 2.67. The molecule has 0 aliphatic heterocycles. The Hall–Kier alpha value is -2.93. The zero-order valence-electron chi connectivity index (χ0n) is 11.2. The van der Waals surface area contributed by atoms with E-state index in [2.05, 4.69) is 10.3 Å². The number of benzene rings is 2. The molecule has 3 nitrogen and oxygen atoms in total. The zero-order valence-corrected chi connectivity index (χ0v) is 11.2. The number of pyridine rings is 1. The molecular formula is C17H12FN3. The van der Waals surface area contributed by atoms with Crippen molar-refractivity contribution in [2.75, 3.05) is 5.32 Å². The maximum Gasteiger partial charge on any atom is 0.141 e. The third-order valence-corrected chi connectivity index (χ3v) is 3.29. The molecule has 0 bridgehead atoms. The van der Waals surface area contributed by atoms with Crippen molar-refractivity contribution in [3.05, 3.63) is 71.7 Å². The van der Waals surface area contributed by atoms with Gasteiger partial charge >= 0.3 is 0 Å². The van der Waals surface area contributed by atoms with Crippen LogP contribution in [-0.2, 0) is 6.54 Å². The molecule has 1 heterocycles. The molecule has 0 spiro atoms. The van der Waals surface area contributed by atoms with Gasteiger partial charge in [-0.1, -0.05) is 24.3 Å². The molecule has 102 valence electrons. The number of nitrogens with one attached hydrogen (secondary N) is 1. The van der Waals surface area contributed by atoms with Crippen molar-refractivity contribution in [1.29, 1.82) is 5.26 Å². The number of halogens is 1. The Morgan fingerprint density at radius 2 is 2.00 bits per heavy atom. The van der Waals surface area contributed by atoms with Crippen LogP contribution in [0.5, 0.6) is 0 Å². The molecule has 4 heteroatoms. The van der Waals surface area contributed by atoms with Crippen LogP contribution in [-0.4, -0.2) is 4.98 Å². The second-order valence-corrected chi connectivity index (χ2v) is 4.65. The fourth-order valence-corrected chi connectivity index (χ4v) is 2.23. The molecule has 0 radical (unpaired) electrons. The predicted octanol–water partition coefficient (Wildman–Crippen LogP) is 3.86. The van der Waals surface area contributed by atoms with Gasteiger partial charge in [-0.15, -0.1) is 0 Å². The Morgan fingerprint density at radius 3 is 2.86 bits per heavy atom. The molecule has 2 aromatic carbocycles. The number of para-hydroxylation sites is 1. The number of fused-ring (bicyclic) bond motifs is 1. The first kappa shape index (κ1) is 13.1. The highest BCUT2D eigenvalue weighted by molar-refractivity contribution is 5.81. The van der Waals surface area contributed by atoms with Crippen LogP contribution in [0.1, 0.15) is 11.1 Å². The Labute approximate surface area is 121 Å². The largest absolute Gasteiger partial charge is 0.381 e. The van der Waals surface area contributed by atoms with Crippen molar-refractivity contribution in [3.63, 3.8) is 0 Å². The summed E-state index contributed by atoms with van der Waals surface area (Å²) in [4.78, 5) is 4.39. The van der Waals surface area contributed by atoms with E-state index in [0.29, 0.717) is 12.2 Å². The van der Waals surface area contributed by atoms with Gasteiger partial charge in [0, 0.05) is 23.8 Å². The minimum Gasteiger partial charge on any atom is -0.381 e. The van der Waals surface area contributed by atoms with E-state index in [1.807, 2.05) is 36.4 Å². The summed E-state index contributed by atoms with van der Waals surface area (Å²) < 4.78 is 13.3. The summed E-state index contributed by atoms with van der Waals surface area (Å²) >= 11 is 0. The number of nitrogens with zero attached hydrogens (tertiary/aromatic N) is 2. The summed E-state index contributed by atoms with van der Waals surface area (Å²) in [5, 5.41) is 13.1. The molecule has 0 unspecified atom stereocenters. The first-order valence-electron chi connectivity index (χ1n) is 6.54. The van der Waals surface area contributed by atoms with Gasteiger partial charge in [0.15, 0.2) is 0 Å². The van der Waals surface area contributed by atoms with Gasteiger partial charge < -0.3 is 5.32 Å². The smallest absolute Gasteiger partial charge is 0.141 e. The molecule has 21 heavy (non-hydrogen) atoms. The summed E-state index contributed by atoms with van der Waals surface area (Å²) in [6.45, 7) is 0.560. The molecule has 1 aromatic heterocycles. The van der Waals surface area contributed by atoms with Gasteiger partial charge in [-0.2, -0.15) is 5.26 Å². The van der Waals surface area contributed by atoms with Crippen LogP contribution in [0.3, 0.4) is 0 Å². The molecule has 0 aliphatic rings. The lowest BCUT2D eigenvalue weighted by Crippen LogP contribution is -2.01. The van der Waals surface area contributed by atoms with E-state index >= 15 is 0 Å². The van der Waals surface area contributed by atoms with Crippen LogP contribution in [0.15, 0.2) is 54.7 Å². The topological polar surface area (TPSA) is 48.7 Å². The third-order valence-electron chi connectivity index (χ3n) is 3.29. The normalized spacial score (nSPS) is 10.3. The summed E-state index contributed by atoms with van der Waals surface area (Å²) in [5.74, 6) is -0.505. The molecule has 0 saturated heterocycles. The van der Waals surface area contributed by atoms with E-state index < -0.39 is 5.82 Å². The van der Waals surface area contributed by atoms with Crippen molar-refractivity contribution < 1.29 is 4.39 Å². The Kier molecular flexibility index (Phi) is 3.48. The van der Waals surface area contributed by atoms with Crippen molar-refractivity contribution in [3.8, 4) is 6.07 Å². The van der Waals surface area contributed by atoms with Crippen molar-refractivity contribution in [2.45, 2.75) is 6.54 Å². The van der Waals surface area contributed by atoms with Crippen LogP contribution < -0.4 is 5.32 Å². The number of anilines is 1. The number of nitriles is 1. The Bertz CT molecular complexity index is 832. The second kappa shape index (κ2) is 5.59. The van der Waals surface area contributed by atoms with Crippen LogP contribution in [0.25, 0.3) is 10.9 Å². The van der Waals surface area contributed by atoms with E-state index in [1.54, 1.807) is 12.3 Å². The lowest BCUT2D eigenvalue weighted by molar-refractivity contribution is 0.624. The highest BCUT2D eigenvalue weighted by atomic mass is 19.1. The van der Waals surface area contributed by atoms with E-state index in [4.69, 9.17) is 5.26 Å². The summed E-state index contributed by atoms with van der Waals surface area (Å²) in [6.07, 6.45) is 1.76. The lowest BCUT2D eigenvalue weighted by Gasteiger charge is -2.09. The SMILES string of the molecule is N#Cc1cc(NCc2cccc3cccnc23)ccc1F. The molecule has 3 rings (SSSR count). The van der Waals surface area contributed by atoms with Crippen molar-refractivity contribution >= 4 is 16.6 Å². The van der Waals surface area contributed by atoms with Gasteiger partial charge in [-0.3, -0.25) is 4.98 Å². The number of rotatable bonds is 3. The Morgan fingerprint density at radius 1 is 1.14 bits per heavy atom. The standard InChI is InChI=1S/C17H12FN3/c18-16-7-6-15(9-14(16)10-19)21-11-13-4-1-3-12-5-2-8-20-17(12)13/h1-9,21H,11H2. The van der Waals surface area contributed by atoms with E-state index in [-0.39, 0.29) is 5.56 Å². The van der Waals surface area contributed by atoms with E-state index in [9.17, 15) is 4.39 Å². The molecular weight excluding hydrogens is 265 g/mol. The minimum atomic E-state index is -0.505. The average molecular weight is 277 g/mol. The maximum absolute atomic E-state index is 13.3. The summed E-state index contributed by atoms with van der Waals surface area (Å²) in [5.41, 5.74) is 2.74. The molecule has 0 atom stereocenters. The minimum absolute atomic E-state index is 0.0380. The number of aromatic nitrogens is 1. The maximum atomic E-state index is 13.3. The summed E-state index contributed by atoms with van der Waals surface area (Å²) in [6, 6.07) is 16.2. The van der Waals surface area contributed by atoms with Gasteiger partial charge in [0.1, 0.15) is 11.9 Å². The quantitative estimate of drug-likeness (QED) is 0.791. The van der Waals surface area contributed by atoms with Crippen molar-refractivity contribution in [1.82, 2.24) is 4.98 Å². The van der Waals surface area contributed by atoms with Gasteiger partial charge in [0.25, 0.3) is 0 Å².